The molecule has 0 saturated carbocycles. The molecule has 0 aromatic carbocycles. The third-order valence-corrected chi connectivity index (χ3v) is 2.91. The third kappa shape index (κ3) is 2.10. The van der Waals surface area contributed by atoms with Crippen LogP contribution >= 0.6 is 11.3 Å². The van der Waals surface area contributed by atoms with Gasteiger partial charge in [-0.05, 0) is 12.1 Å². The van der Waals surface area contributed by atoms with Crippen molar-refractivity contribution in [3.05, 3.63) is 24.3 Å². The zero-order valence-electron chi connectivity index (χ0n) is 8.31. The fourth-order valence-corrected chi connectivity index (χ4v) is 1.77. The highest BCUT2D eigenvalue weighted by atomic mass is 32.1. The van der Waals surface area contributed by atoms with Gasteiger partial charge in [0.2, 0.25) is 11.1 Å². The SMILES string of the molecule is CN(C)c1nnc(-c2ccc(F)nc2)s1. The van der Waals surface area contributed by atoms with Crippen molar-refractivity contribution in [2.24, 2.45) is 0 Å². The Morgan fingerprint density at radius 2 is 2.07 bits per heavy atom. The molecule has 2 heterocycles. The van der Waals surface area contributed by atoms with E-state index in [-0.39, 0.29) is 0 Å². The van der Waals surface area contributed by atoms with E-state index in [1.54, 1.807) is 6.07 Å². The van der Waals surface area contributed by atoms with Gasteiger partial charge in [-0.3, -0.25) is 0 Å². The second-order valence-electron chi connectivity index (χ2n) is 3.15. The third-order valence-electron chi connectivity index (χ3n) is 1.77. The quantitative estimate of drug-likeness (QED) is 0.729. The molecule has 0 amide bonds. The summed E-state index contributed by atoms with van der Waals surface area (Å²) >= 11 is 1.44. The van der Waals surface area contributed by atoms with Crippen LogP contribution in [0.25, 0.3) is 10.6 Å². The maximum Gasteiger partial charge on any atom is 0.212 e. The number of rotatable bonds is 2. The van der Waals surface area contributed by atoms with E-state index in [0.29, 0.717) is 0 Å². The predicted octanol–water partition coefficient (Wildman–Crippen LogP) is 1.81. The van der Waals surface area contributed by atoms with E-state index in [0.717, 1.165) is 15.7 Å². The van der Waals surface area contributed by atoms with Crippen LogP contribution < -0.4 is 4.90 Å². The summed E-state index contributed by atoms with van der Waals surface area (Å²) in [6.07, 6.45) is 1.45. The van der Waals surface area contributed by atoms with Crippen molar-refractivity contribution in [1.29, 1.82) is 0 Å². The smallest absolute Gasteiger partial charge is 0.212 e. The van der Waals surface area contributed by atoms with Crippen LogP contribution in [0, 0.1) is 5.95 Å². The van der Waals surface area contributed by atoms with Crippen LogP contribution in [0.15, 0.2) is 18.3 Å². The van der Waals surface area contributed by atoms with Crippen LogP contribution in [0.5, 0.6) is 0 Å². The molecule has 2 aromatic heterocycles. The fourth-order valence-electron chi connectivity index (χ4n) is 1.02. The van der Waals surface area contributed by atoms with Crippen molar-refractivity contribution in [2.45, 2.75) is 0 Å². The zero-order chi connectivity index (χ0) is 10.8. The van der Waals surface area contributed by atoms with Crippen molar-refractivity contribution in [3.63, 3.8) is 0 Å². The molecule has 0 aliphatic rings. The molecule has 6 heteroatoms. The van der Waals surface area contributed by atoms with Gasteiger partial charge in [-0.2, -0.15) is 4.39 Å². The zero-order valence-corrected chi connectivity index (χ0v) is 9.12. The molecule has 0 N–H and O–H groups in total. The summed E-state index contributed by atoms with van der Waals surface area (Å²) in [5.74, 6) is -0.490. The van der Waals surface area contributed by atoms with Gasteiger partial charge in [0, 0.05) is 25.9 Å². The lowest BCUT2D eigenvalue weighted by atomic mass is 10.3. The van der Waals surface area contributed by atoms with E-state index in [2.05, 4.69) is 15.2 Å². The van der Waals surface area contributed by atoms with Gasteiger partial charge >= 0.3 is 0 Å². The van der Waals surface area contributed by atoms with Gasteiger partial charge in [0.05, 0.1) is 0 Å². The largest absolute Gasteiger partial charge is 0.353 e. The first-order valence-corrected chi connectivity index (χ1v) is 5.11. The minimum atomic E-state index is -0.490. The van der Waals surface area contributed by atoms with Gasteiger partial charge < -0.3 is 4.90 Å². The van der Waals surface area contributed by atoms with Crippen molar-refractivity contribution in [2.75, 3.05) is 19.0 Å². The van der Waals surface area contributed by atoms with Crippen molar-refractivity contribution < 1.29 is 4.39 Å². The molecule has 78 valence electrons. The molecule has 0 fully saturated rings. The number of aromatic nitrogens is 3. The van der Waals surface area contributed by atoms with Gasteiger partial charge in [0.1, 0.15) is 0 Å². The first-order valence-electron chi connectivity index (χ1n) is 4.29. The Kier molecular flexibility index (Phi) is 2.59. The predicted molar refractivity (Wildman–Crippen MR) is 57.4 cm³/mol. The van der Waals surface area contributed by atoms with Crippen LogP contribution in [-0.2, 0) is 0 Å². The number of halogens is 1. The standard InChI is InChI=1S/C9H9FN4S/c1-14(2)9-13-12-8(15-9)6-3-4-7(10)11-5-6/h3-5H,1-2H3. The summed E-state index contributed by atoms with van der Waals surface area (Å²) in [6.45, 7) is 0. The minimum absolute atomic E-state index is 0.490. The molecular weight excluding hydrogens is 215 g/mol. The number of pyridine rings is 1. The first-order chi connectivity index (χ1) is 7.16. The Balaban J connectivity index is 2.33. The molecule has 0 unspecified atom stereocenters. The molecule has 0 radical (unpaired) electrons. The van der Waals surface area contributed by atoms with Crippen LogP contribution in [0.3, 0.4) is 0 Å². The van der Waals surface area contributed by atoms with E-state index in [1.807, 2.05) is 19.0 Å². The molecule has 0 spiro atoms. The summed E-state index contributed by atoms with van der Waals surface area (Å²) in [5.41, 5.74) is 0.780. The maximum atomic E-state index is 12.6. The Hall–Kier alpha value is -1.56. The highest BCUT2D eigenvalue weighted by Gasteiger charge is 2.07. The van der Waals surface area contributed by atoms with E-state index in [9.17, 15) is 4.39 Å². The van der Waals surface area contributed by atoms with E-state index < -0.39 is 5.95 Å². The van der Waals surface area contributed by atoms with Crippen molar-refractivity contribution in [1.82, 2.24) is 15.2 Å². The molecule has 4 nitrogen and oxygen atoms in total. The van der Waals surface area contributed by atoms with Gasteiger partial charge in [-0.15, -0.1) is 10.2 Å². The molecular formula is C9H9FN4S. The number of hydrogen-bond donors (Lipinski definition) is 0. The monoisotopic (exact) mass is 224 g/mol. The summed E-state index contributed by atoms with van der Waals surface area (Å²) in [4.78, 5) is 5.44. The van der Waals surface area contributed by atoms with Gasteiger partial charge in [0.15, 0.2) is 5.01 Å². The van der Waals surface area contributed by atoms with Gasteiger partial charge in [-0.25, -0.2) is 4.98 Å². The number of anilines is 1. The van der Waals surface area contributed by atoms with Crippen LogP contribution in [-0.4, -0.2) is 29.3 Å². The highest BCUT2D eigenvalue weighted by Crippen LogP contribution is 2.26. The molecule has 2 rings (SSSR count). The molecule has 15 heavy (non-hydrogen) atoms. The Morgan fingerprint density at radius 1 is 1.27 bits per heavy atom. The van der Waals surface area contributed by atoms with Crippen LogP contribution in [0.4, 0.5) is 9.52 Å². The van der Waals surface area contributed by atoms with Crippen LogP contribution in [0.1, 0.15) is 0 Å². The molecule has 0 saturated heterocycles. The second kappa shape index (κ2) is 3.90. The lowest BCUT2D eigenvalue weighted by Crippen LogP contribution is -2.07. The maximum absolute atomic E-state index is 12.6. The lowest BCUT2D eigenvalue weighted by Gasteiger charge is -2.03. The lowest BCUT2D eigenvalue weighted by molar-refractivity contribution is 0.584. The molecule has 0 bridgehead atoms. The molecule has 0 atom stereocenters. The summed E-state index contributed by atoms with van der Waals surface area (Å²) in [7, 11) is 3.79. The average Bonchev–Trinajstić information content (AvgIpc) is 2.68. The van der Waals surface area contributed by atoms with E-state index in [1.165, 1.54) is 23.6 Å². The van der Waals surface area contributed by atoms with Gasteiger partial charge in [-0.1, -0.05) is 11.3 Å². The Labute approximate surface area is 90.4 Å². The average molecular weight is 224 g/mol. The number of hydrogen-bond acceptors (Lipinski definition) is 5. The first kappa shape index (κ1) is 9.97. The van der Waals surface area contributed by atoms with E-state index in [4.69, 9.17) is 0 Å². The van der Waals surface area contributed by atoms with Crippen LogP contribution in [0.2, 0.25) is 0 Å². The minimum Gasteiger partial charge on any atom is -0.353 e. The Morgan fingerprint density at radius 3 is 2.60 bits per heavy atom. The summed E-state index contributed by atoms with van der Waals surface area (Å²) in [5, 5.41) is 9.55. The summed E-state index contributed by atoms with van der Waals surface area (Å²) < 4.78 is 12.6. The summed E-state index contributed by atoms with van der Waals surface area (Å²) in [6, 6.07) is 2.95. The number of nitrogens with zero attached hydrogens (tertiary/aromatic N) is 4. The second-order valence-corrected chi connectivity index (χ2v) is 4.11. The normalized spacial score (nSPS) is 10.3. The highest BCUT2D eigenvalue weighted by molar-refractivity contribution is 7.18. The topological polar surface area (TPSA) is 41.9 Å². The Bertz CT molecular complexity index is 451. The van der Waals surface area contributed by atoms with E-state index >= 15 is 0 Å². The fraction of sp³-hybridized carbons (Fsp3) is 0.222. The van der Waals surface area contributed by atoms with Gasteiger partial charge in [0.25, 0.3) is 0 Å². The molecule has 2 aromatic rings. The molecule has 0 aliphatic heterocycles. The van der Waals surface area contributed by atoms with Crippen molar-refractivity contribution in [3.8, 4) is 10.6 Å². The van der Waals surface area contributed by atoms with Crippen molar-refractivity contribution >= 4 is 16.5 Å². The molecule has 0 aliphatic carbocycles.